The van der Waals surface area contributed by atoms with Gasteiger partial charge in [-0.25, -0.2) is 5.48 Å². The van der Waals surface area contributed by atoms with E-state index in [2.05, 4.69) is 83.8 Å². The van der Waals surface area contributed by atoms with Gasteiger partial charge in [0.05, 0.1) is 4.88 Å². The molecular weight excluding hydrogens is 416 g/mol. The summed E-state index contributed by atoms with van der Waals surface area (Å²) in [4.78, 5) is 15.6. The van der Waals surface area contributed by atoms with Gasteiger partial charge in [0, 0.05) is 24.5 Å². The van der Waals surface area contributed by atoms with Crippen LogP contribution in [0.15, 0.2) is 97.1 Å². The third-order valence-corrected chi connectivity index (χ3v) is 6.49. The minimum atomic E-state index is -0.479. The van der Waals surface area contributed by atoms with Gasteiger partial charge in [0.1, 0.15) is 0 Å². The Labute approximate surface area is 192 Å². The summed E-state index contributed by atoms with van der Waals surface area (Å²) in [6.07, 6.45) is 0.998. The Balaban J connectivity index is 1.51. The molecule has 4 nitrogen and oxygen atoms in total. The van der Waals surface area contributed by atoms with Crippen molar-refractivity contribution in [2.45, 2.75) is 19.5 Å². The van der Waals surface area contributed by atoms with E-state index in [-0.39, 0.29) is 0 Å². The fraction of sp³-hybridized carbons (Fsp3) is 0.148. The monoisotopic (exact) mass is 442 g/mol. The highest BCUT2D eigenvalue weighted by atomic mass is 32.1. The lowest BCUT2D eigenvalue weighted by Gasteiger charge is -2.23. The van der Waals surface area contributed by atoms with E-state index in [0.717, 1.165) is 36.5 Å². The number of rotatable bonds is 9. The van der Waals surface area contributed by atoms with Crippen molar-refractivity contribution >= 4 is 17.2 Å². The van der Waals surface area contributed by atoms with Crippen LogP contribution in [0.25, 0.3) is 10.4 Å². The van der Waals surface area contributed by atoms with Gasteiger partial charge in [-0.05, 0) is 46.9 Å². The van der Waals surface area contributed by atoms with Crippen LogP contribution >= 0.6 is 11.3 Å². The highest BCUT2D eigenvalue weighted by molar-refractivity contribution is 7.17. The number of hydrogen-bond donors (Lipinski definition) is 2. The van der Waals surface area contributed by atoms with Crippen LogP contribution in [-0.2, 0) is 19.5 Å². The molecule has 0 spiro atoms. The Kier molecular flexibility index (Phi) is 7.46. The Morgan fingerprint density at radius 1 is 0.781 bits per heavy atom. The van der Waals surface area contributed by atoms with Crippen molar-refractivity contribution in [3.05, 3.63) is 119 Å². The maximum atomic E-state index is 11.7. The lowest BCUT2D eigenvalue weighted by molar-refractivity contribution is 0.0711. The first-order valence-corrected chi connectivity index (χ1v) is 11.5. The largest absolute Gasteiger partial charge is 0.295 e. The summed E-state index contributed by atoms with van der Waals surface area (Å²) in [5.74, 6) is -0.479. The second kappa shape index (κ2) is 10.9. The third kappa shape index (κ3) is 5.92. The van der Waals surface area contributed by atoms with Crippen LogP contribution in [0, 0.1) is 0 Å². The predicted octanol–water partition coefficient (Wildman–Crippen LogP) is 5.78. The summed E-state index contributed by atoms with van der Waals surface area (Å²) in [6.45, 7) is 2.69. The molecule has 32 heavy (non-hydrogen) atoms. The average Bonchev–Trinajstić information content (AvgIpc) is 3.34. The van der Waals surface area contributed by atoms with Crippen molar-refractivity contribution in [1.82, 2.24) is 10.4 Å². The van der Waals surface area contributed by atoms with Gasteiger partial charge in [-0.2, -0.15) is 0 Å². The maximum absolute atomic E-state index is 11.7. The van der Waals surface area contributed by atoms with Crippen molar-refractivity contribution in [3.8, 4) is 10.4 Å². The summed E-state index contributed by atoms with van der Waals surface area (Å²) in [7, 11) is 0. The summed E-state index contributed by atoms with van der Waals surface area (Å²) in [5.41, 5.74) is 6.65. The number of nitrogens with zero attached hydrogens (tertiary/aromatic N) is 1. The zero-order valence-electron chi connectivity index (χ0n) is 17.8. The van der Waals surface area contributed by atoms with Gasteiger partial charge in [-0.1, -0.05) is 78.9 Å². The predicted molar refractivity (Wildman–Crippen MR) is 130 cm³/mol. The number of nitrogens with one attached hydrogen (secondary N) is 1. The molecular formula is C27H26N2O2S. The van der Waals surface area contributed by atoms with Gasteiger partial charge < -0.3 is 0 Å². The van der Waals surface area contributed by atoms with E-state index in [1.807, 2.05) is 12.1 Å². The lowest BCUT2D eigenvalue weighted by atomic mass is 10.1. The second-order valence-electron chi connectivity index (χ2n) is 7.74. The SMILES string of the molecule is O=C(NO)c1ccc(-c2cccc(CN(CCc3ccccc3)Cc3ccccc3)c2)s1. The van der Waals surface area contributed by atoms with Crippen molar-refractivity contribution in [3.63, 3.8) is 0 Å². The minimum absolute atomic E-state index is 0.479. The molecule has 162 valence electrons. The maximum Gasteiger partial charge on any atom is 0.284 e. The van der Waals surface area contributed by atoms with Crippen LogP contribution in [0.5, 0.6) is 0 Å². The van der Waals surface area contributed by atoms with Crippen molar-refractivity contribution in [2.24, 2.45) is 0 Å². The Hall–Kier alpha value is -3.25. The molecule has 0 aliphatic rings. The molecule has 2 N–H and O–H groups in total. The number of hydroxylamine groups is 1. The molecule has 0 bridgehead atoms. The first-order chi connectivity index (χ1) is 15.7. The molecule has 0 atom stereocenters. The minimum Gasteiger partial charge on any atom is -0.295 e. The van der Waals surface area contributed by atoms with E-state index in [4.69, 9.17) is 5.21 Å². The quantitative estimate of drug-likeness (QED) is 0.255. The van der Waals surface area contributed by atoms with Gasteiger partial charge in [0.15, 0.2) is 0 Å². The van der Waals surface area contributed by atoms with E-state index in [0.29, 0.717) is 4.88 Å². The first-order valence-electron chi connectivity index (χ1n) is 10.6. The van der Waals surface area contributed by atoms with Gasteiger partial charge >= 0.3 is 0 Å². The average molecular weight is 443 g/mol. The molecule has 1 heterocycles. The number of amides is 1. The molecule has 5 heteroatoms. The topological polar surface area (TPSA) is 52.6 Å². The fourth-order valence-corrected chi connectivity index (χ4v) is 4.63. The molecule has 0 radical (unpaired) electrons. The highest BCUT2D eigenvalue weighted by Crippen LogP contribution is 2.29. The van der Waals surface area contributed by atoms with Gasteiger partial charge in [-0.15, -0.1) is 11.3 Å². The summed E-state index contributed by atoms with van der Waals surface area (Å²) < 4.78 is 0. The lowest BCUT2D eigenvalue weighted by Crippen LogP contribution is -2.25. The zero-order chi connectivity index (χ0) is 22.2. The van der Waals surface area contributed by atoms with Crippen LogP contribution in [-0.4, -0.2) is 22.6 Å². The van der Waals surface area contributed by atoms with Crippen LogP contribution in [0.1, 0.15) is 26.4 Å². The molecule has 0 saturated heterocycles. The van der Waals surface area contributed by atoms with E-state index in [1.54, 1.807) is 11.5 Å². The number of carbonyl (C=O) groups excluding carboxylic acids is 1. The van der Waals surface area contributed by atoms with Crippen molar-refractivity contribution in [2.75, 3.05) is 6.54 Å². The molecule has 0 unspecified atom stereocenters. The molecule has 4 rings (SSSR count). The molecule has 0 aliphatic carbocycles. The fourth-order valence-electron chi connectivity index (χ4n) is 3.74. The van der Waals surface area contributed by atoms with Crippen LogP contribution in [0.4, 0.5) is 0 Å². The summed E-state index contributed by atoms with van der Waals surface area (Å²) >= 11 is 1.37. The molecule has 0 aliphatic heterocycles. The molecule has 4 aromatic rings. The van der Waals surface area contributed by atoms with Crippen LogP contribution in [0.3, 0.4) is 0 Å². The van der Waals surface area contributed by atoms with E-state index >= 15 is 0 Å². The summed E-state index contributed by atoms with van der Waals surface area (Å²) in [5, 5.41) is 8.87. The number of carbonyl (C=O) groups is 1. The van der Waals surface area contributed by atoms with E-state index in [9.17, 15) is 4.79 Å². The molecule has 1 amide bonds. The number of benzene rings is 3. The molecule has 3 aromatic carbocycles. The standard InChI is InChI=1S/C27H26N2O2S/c30-27(28-31)26-15-14-25(32-26)24-13-7-12-23(18-24)20-29(19-22-10-5-2-6-11-22)17-16-21-8-3-1-4-9-21/h1-15,18,31H,16-17,19-20H2,(H,28,30). The van der Waals surface area contributed by atoms with E-state index < -0.39 is 5.91 Å². The van der Waals surface area contributed by atoms with Crippen LogP contribution in [0.2, 0.25) is 0 Å². The zero-order valence-corrected chi connectivity index (χ0v) is 18.6. The van der Waals surface area contributed by atoms with Crippen molar-refractivity contribution in [1.29, 1.82) is 0 Å². The normalized spacial score (nSPS) is 10.9. The van der Waals surface area contributed by atoms with Gasteiger partial charge in [-0.3, -0.25) is 14.9 Å². The Morgan fingerprint density at radius 3 is 2.16 bits per heavy atom. The Morgan fingerprint density at radius 2 is 1.44 bits per heavy atom. The third-order valence-electron chi connectivity index (χ3n) is 5.36. The highest BCUT2D eigenvalue weighted by Gasteiger charge is 2.12. The van der Waals surface area contributed by atoms with E-state index in [1.165, 1.54) is 28.0 Å². The Bertz CT molecular complexity index is 1140. The van der Waals surface area contributed by atoms with Crippen molar-refractivity contribution < 1.29 is 10.0 Å². The number of hydrogen-bond acceptors (Lipinski definition) is 4. The van der Waals surface area contributed by atoms with Gasteiger partial charge in [0.25, 0.3) is 5.91 Å². The second-order valence-corrected chi connectivity index (χ2v) is 8.82. The molecule has 0 saturated carbocycles. The van der Waals surface area contributed by atoms with Gasteiger partial charge in [0.2, 0.25) is 0 Å². The van der Waals surface area contributed by atoms with Crippen LogP contribution < -0.4 is 5.48 Å². The molecule has 1 aromatic heterocycles. The number of thiophene rings is 1. The smallest absolute Gasteiger partial charge is 0.284 e. The summed E-state index contributed by atoms with van der Waals surface area (Å²) in [6, 6.07) is 33.3. The molecule has 0 fully saturated rings. The first kappa shape index (κ1) is 22.0.